The summed E-state index contributed by atoms with van der Waals surface area (Å²) in [5, 5.41) is 4.10. The largest absolute Gasteiger partial charge is 0.494 e. The van der Waals surface area contributed by atoms with Gasteiger partial charge in [0.1, 0.15) is 5.75 Å². The second-order valence-corrected chi connectivity index (χ2v) is 7.04. The van der Waals surface area contributed by atoms with E-state index in [1.165, 1.54) is 5.56 Å². The molecule has 144 valence electrons. The van der Waals surface area contributed by atoms with Crippen molar-refractivity contribution in [3.8, 4) is 17.1 Å². The number of benzene rings is 2. The molecular weight excluding hydrogens is 354 g/mol. The third-order valence-corrected chi connectivity index (χ3v) is 5.21. The van der Waals surface area contributed by atoms with E-state index >= 15 is 0 Å². The van der Waals surface area contributed by atoms with Crippen LogP contribution in [0.15, 0.2) is 47.0 Å². The second kappa shape index (κ2) is 7.46. The van der Waals surface area contributed by atoms with Crippen molar-refractivity contribution in [2.45, 2.75) is 33.1 Å². The van der Waals surface area contributed by atoms with Gasteiger partial charge in [-0.25, -0.2) is 0 Å². The number of ether oxygens (including phenoxy) is 1. The van der Waals surface area contributed by atoms with Crippen LogP contribution in [0.2, 0.25) is 0 Å². The Labute approximate surface area is 164 Å². The van der Waals surface area contributed by atoms with Gasteiger partial charge in [0.2, 0.25) is 17.6 Å². The van der Waals surface area contributed by atoms with Gasteiger partial charge in [0.25, 0.3) is 0 Å². The van der Waals surface area contributed by atoms with Crippen molar-refractivity contribution in [1.29, 1.82) is 0 Å². The van der Waals surface area contributed by atoms with Crippen molar-refractivity contribution < 1.29 is 14.1 Å². The summed E-state index contributed by atoms with van der Waals surface area (Å²) in [6.45, 7) is 7.22. The molecule has 6 heteroatoms. The van der Waals surface area contributed by atoms with Gasteiger partial charge in [-0.15, -0.1) is 0 Å². The second-order valence-electron chi connectivity index (χ2n) is 7.04. The summed E-state index contributed by atoms with van der Waals surface area (Å²) in [7, 11) is 0. The summed E-state index contributed by atoms with van der Waals surface area (Å²) < 4.78 is 11.0. The standard InChI is InChI=1S/C22H23N3O3/c1-4-27-18-10-8-16(9-11-18)21-23-22(28-24-21)17-12-20(26)25(13-17)19-7-5-6-14(2)15(19)3/h5-11,17H,4,12-13H2,1-3H3. The van der Waals surface area contributed by atoms with E-state index in [9.17, 15) is 4.79 Å². The Bertz CT molecular complexity index is 995. The van der Waals surface area contributed by atoms with Gasteiger partial charge in [0, 0.05) is 24.2 Å². The SMILES string of the molecule is CCOc1ccc(-c2noc(C3CC(=O)N(c4cccc(C)c4C)C3)n2)cc1. The molecule has 28 heavy (non-hydrogen) atoms. The van der Waals surface area contributed by atoms with E-state index in [1.807, 2.05) is 55.1 Å². The van der Waals surface area contributed by atoms with Crippen LogP contribution in [0.4, 0.5) is 5.69 Å². The normalized spacial score (nSPS) is 16.6. The molecule has 4 rings (SSSR count). The van der Waals surface area contributed by atoms with Crippen LogP contribution in [0.5, 0.6) is 5.75 Å². The molecule has 0 N–H and O–H groups in total. The average molecular weight is 377 g/mol. The summed E-state index contributed by atoms with van der Waals surface area (Å²) in [4.78, 5) is 19.0. The molecule has 0 saturated carbocycles. The molecule has 0 radical (unpaired) electrons. The highest BCUT2D eigenvalue weighted by atomic mass is 16.5. The Morgan fingerprint density at radius 3 is 2.71 bits per heavy atom. The zero-order valence-electron chi connectivity index (χ0n) is 16.3. The Morgan fingerprint density at radius 2 is 1.96 bits per heavy atom. The number of carbonyl (C=O) groups is 1. The van der Waals surface area contributed by atoms with Gasteiger partial charge in [-0.05, 0) is 62.2 Å². The minimum absolute atomic E-state index is 0.0829. The lowest BCUT2D eigenvalue weighted by molar-refractivity contribution is -0.117. The van der Waals surface area contributed by atoms with E-state index in [2.05, 4.69) is 23.1 Å². The maximum Gasteiger partial charge on any atom is 0.232 e. The van der Waals surface area contributed by atoms with Crippen LogP contribution in [0.3, 0.4) is 0 Å². The van der Waals surface area contributed by atoms with Gasteiger partial charge in [0.15, 0.2) is 0 Å². The number of aromatic nitrogens is 2. The number of nitrogens with zero attached hydrogens (tertiary/aromatic N) is 3. The molecule has 1 saturated heterocycles. The van der Waals surface area contributed by atoms with Gasteiger partial charge in [-0.1, -0.05) is 17.3 Å². The first-order valence-corrected chi connectivity index (χ1v) is 9.50. The van der Waals surface area contributed by atoms with E-state index in [0.29, 0.717) is 31.3 Å². The third-order valence-electron chi connectivity index (χ3n) is 5.21. The Balaban J connectivity index is 1.53. The molecule has 1 unspecified atom stereocenters. The summed E-state index contributed by atoms with van der Waals surface area (Å²) in [6.07, 6.45) is 0.373. The van der Waals surface area contributed by atoms with Crippen molar-refractivity contribution in [2.75, 3.05) is 18.1 Å². The predicted octanol–water partition coefficient (Wildman–Crippen LogP) is 4.27. The molecule has 1 fully saturated rings. The Morgan fingerprint density at radius 1 is 1.18 bits per heavy atom. The monoisotopic (exact) mass is 377 g/mol. The van der Waals surface area contributed by atoms with E-state index < -0.39 is 0 Å². The van der Waals surface area contributed by atoms with Crippen molar-refractivity contribution in [2.24, 2.45) is 0 Å². The summed E-state index contributed by atoms with van der Waals surface area (Å²) in [6, 6.07) is 13.6. The topological polar surface area (TPSA) is 68.5 Å². The van der Waals surface area contributed by atoms with Crippen molar-refractivity contribution in [3.05, 3.63) is 59.5 Å². The quantitative estimate of drug-likeness (QED) is 0.664. The van der Waals surface area contributed by atoms with Crippen LogP contribution in [0, 0.1) is 13.8 Å². The van der Waals surface area contributed by atoms with Crippen molar-refractivity contribution >= 4 is 11.6 Å². The van der Waals surface area contributed by atoms with Gasteiger partial charge in [-0.3, -0.25) is 4.79 Å². The highest BCUT2D eigenvalue weighted by molar-refractivity contribution is 5.97. The Kier molecular flexibility index (Phi) is 4.86. The summed E-state index contributed by atoms with van der Waals surface area (Å²) in [5.41, 5.74) is 4.11. The molecule has 6 nitrogen and oxygen atoms in total. The van der Waals surface area contributed by atoms with E-state index in [1.54, 1.807) is 0 Å². The molecule has 2 heterocycles. The molecule has 1 atom stereocenters. The van der Waals surface area contributed by atoms with Gasteiger partial charge in [0.05, 0.1) is 12.5 Å². The number of rotatable bonds is 5. The Hall–Kier alpha value is -3.15. The van der Waals surface area contributed by atoms with Crippen LogP contribution in [-0.4, -0.2) is 29.2 Å². The molecule has 1 aromatic heterocycles. The number of hydrogen-bond donors (Lipinski definition) is 0. The number of amides is 1. The molecule has 3 aromatic rings. The minimum Gasteiger partial charge on any atom is -0.494 e. The highest BCUT2D eigenvalue weighted by Crippen LogP contribution is 2.34. The van der Waals surface area contributed by atoms with Crippen LogP contribution < -0.4 is 9.64 Å². The van der Waals surface area contributed by atoms with Gasteiger partial charge < -0.3 is 14.2 Å². The summed E-state index contributed by atoms with van der Waals surface area (Å²) >= 11 is 0. The zero-order chi connectivity index (χ0) is 19.7. The third kappa shape index (κ3) is 3.38. The lowest BCUT2D eigenvalue weighted by Gasteiger charge is -2.19. The summed E-state index contributed by atoms with van der Waals surface area (Å²) in [5.74, 6) is 1.82. The molecule has 2 aromatic carbocycles. The molecule has 1 amide bonds. The zero-order valence-corrected chi connectivity index (χ0v) is 16.3. The first-order chi connectivity index (χ1) is 13.6. The minimum atomic E-state index is -0.101. The van der Waals surface area contributed by atoms with Crippen LogP contribution in [-0.2, 0) is 4.79 Å². The number of carbonyl (C=O) groups excluding carboxylic acids is 1. The van der Waals surface area contributed by atoms with Crippen LogP contribution >= 0.6 is 0 Å². The molecule has 0 bridgehead atoms. The average Bonchev–Trinajstić information content (AvgIpc) is 3.32. The van der Waals surface area contributed by atoms with Crippen molar-refractivity contribution in [1.82, 2.24) is 10.1 Å². The van der Waals surface area contributed by atoms with Crippen LogP contribution in [0.25, 0.3) is 11.4 Å². The molecule has 1 aliphatic heterocycles. The van der Waals surface area contributed by atoms with Gasteiger partial charge in [-0.2, -0.15) is 4.98 Å². The van der Waals surface area contributed by atoms with E-state index in [4.69, 9.17) is 9.26 Å². The number of aryl methyl sites for hydroxylation is 1. The molecule has 1 aliphatic rings. The molecular formula is C22H23N3O3. The smallest absolute Gasteiger partial charge is 0.232 e. The van der Waals surface area contributed by atoms with E-state index in [-0.39, 0.29) is 11.8 Å². The fourth-order valence-corrected chi connectivity index (χ4v) is 3.52. The van der Waals surface area contributed by atoms with Crippen molar-refractivity contribution in [3.63, 3.8) is 0 Å². The van der Waals surface area contributed by atoms with Gasteiger partial charge >= 0.3 is 0 Å². The highest BCUT2D eigenvalue weighted by Gasteiger charge is 2.35. The predicted molar refractivity (Wildman–Crippen MR) is 107 cm³/mol. The fourth-order valence-electron chi connectivity index (χ4n) is 3.52. The maximum absolute atomic E-state index is 12.6. The lowest BCUT2D eigenvalue weighted by Crippen LogP contribution is -2.25. The fraction of sp³-hybridized carbons (Fsp3) is 0.318. The number of hydrogen-bond acceptors (Lipinski definition) is 5. The molecule has 0 aliphatic carbocycles. The first kappa shape index (κ1) is 18.2. The van der Waals surface area contributed by atoms with E-state index in [0.717, 1.165) is 22.6 Å². The number of anilines is 1. The first-order valence-electron chi connectivity index (χ1n) is 9.50. The van der Waals surface area contributed by atoms with Crippen LogP contribution in [0.1, 0.15) is 36.3 Å². The molecule has 0 spiro atoms. The maximum atomic E-state index is 12.6. The lowest BCUT2D eigenvalue weighted by atomic mass is 10.1.